The maximum absolute atomic E-state index is 12.0. The average Bonchev–Trinajstić information content (AvgIpc) is 2.52. The van der Waals surface area contributed by atoms with E-state index in [2.05, 4.69) is 26.0 Å². The Balaban J connectivity index is 1.95. The summed E-state index contributed by atoms with van der Waals surface area (Å²) in [4.78, 5) is 18.2. The van der Waals surface area contributed by atoms with Gasteiger partial charge in [-0.2, -0.15) is 5.10 Å². The molecule has 1 fully saturated rings. The molecule has 0 unspecified atom stereocenters. The number of amides is 1. The summed E-state index contributed by atoms with van der Waals surface area (Å²) in [6.45, 7) is 3.95. The van der Waals surface area contributed by atoms with Gasteiger partial charge in [-0.25, -0.2) is 0 Å². The van der Waals surface area contributed by atoms with Gasteiger partial charge < -0.3 is 4.90 Å². The van der Waals surface area contributed by atoms with Gasteiger partial charge in [0.05, 0.1) is 11.2 Å². The molecule has 3 heterocycles. The summed E-state index contributed by atoms with van der Waals surface area (Å²) in [5, 5.41) is 4.40. The van der Waals surface area contributed by atoms with E-state index in [4.69, 9.17) is 0 Å². The molecule has 1 aliphatic rings. The van der Waals surface area contributed by atoms with Crippen LogP contribution in [-0.4, -0.2) is 38.7 Å². The van der Waals surface area contributed by atoms with Gasteiger partial charge in [0.2, 0.25) is 5.91 Å². The molecule has 0 bridgehead atoms. The lowest BCUT2D eigenvalue weighted by Gasteiger charge is -2.30. The summed E-state index contributed by atoms with van der Waals surface area (Å²) in [6.07, 6.45) is 2.86. The quantitative estimate of drug-likeness (QED) is 0.849. The van der Waals surface area contributed by atoms with Crippen molar-refractivity contribution in [3.63, 3.8) is 0 Å². The highest BCUT2D eigenvalue weighted by atomic mass is 79.9. The van der Waals surface area contributed by atoms with E-state index in [1.54, 1.807) is 10.9 Å². The number of pyridine rings is 1. The standard InChI is InChI=1S/C12H13BrN4O/c1-8-12-10(5-9(13)6-14-12)17(15-8)7-11(18)16-3-2-4-16/h5-6H,2-4,7H2,1H3. The van der Waals surface area contributed by atoms with E-state index in [1.807, 2.05) is 17.9 Å². The van der Waals surface area contributed by atoms with Crippen molar-refractivity contribution in [2.45, 2.75) is 19.9 Å². The minimum absolute atomic E-state index is 0.130. The molecule has 1 saturated heterocycles. The highest BCUT2D eigenvalue weighted by molar-refractivity contribution is 9.10. The Morgan fingerprint density at radius 1 is 1.50 bits per heavy atom. The molecule has 2 aromatic heterocycles. The summed E-state index contributed by atoms with van der Waals surface area (Å²) >= 11 is 3.40. The fourth-order valence-electron chi connectivity index (χ4n) is 2.10. The normalized spacial score (nSPS) is 14.9. The zero-order valence-corrected chi connectivity index (χ0v) is 11.6. The van der Waals surface area contributed by atoms with E-state index in [9.17, 15) is 4.79 Å². The monoisotopic (exact) mass is 308 g/mol. The Kier molecular flexibility index (Phi) is 2.81. The Hall–Kier alpha value is -1.43. The summed E-state index contributed by atoms with van der Waals surface area (Å²) in [6, 6.07) is 1.95. The van der Waals surface area contributed by atoms with Crippen LogP contribution < -0.4 is 0 Å². The van der Waals surface area contributed by atoms with Gasteiger partial charge in [0, 0.05) is 23.8 Å². The number of carbonyl (C=O) groups excluding carboxylic acids is 1. The van der Waals surface area contributed by atoms with Crippen LogP contribution in [0.3, 0.4) is 0 Å². The van der Waals surface area contributed by atoms with E-state index >= 15 is 0 Å². The number of rotatable bonds is 2. The SMILES string of the molecule is Cc1nn(CC(=O)N2CCC2)c2cc(Br)cnc12. The number of hydrogen-bond acceptors (Lipinski definition) is 3. The van der Waals surface area contributed by atoms with Crippen LogP contribution in [0.4, 0.5) is 0 Å². The van der Waals surface area contributed by atoms with Crippen molar-refractivity contribution in [3.05, 3.63) is 22.4 Å². The second-order valence-electron chi connectivity index (χ2n) is 4.50. The molecule has 94 valence electrons. The maximum atomic E-state index is 12.0. The van der Waals surface area contributed by atoms with Gasteiger partial charge in [0.15, 0.2) is 0 Å². The molecular formula is C12H13BrN4O. The van der Waals surface area contributed by atoms with Crippen LogP contribution in [0, 0.1) is 6.92 Å². The minimum Gasteiger partial charge on any atom is -0.341 e. The van der Waals surface area contributed by atoms with Crippen LogP contribution in [0.2, 0.25) is 0 Å². The van der Waals surface area contributed by atoms with Crippen molar-refractivity contribution in [2.75, 3.05) is 13.1 Å². The van der Waals surface area contributed by atoms with Crippen molar-refractivity contribution in [3.8, 4) is 0 Å². The van der Waals surface area contributed by atoms with Crippen LogP contribution >= 0.6 is 15.9 Å². The van der Waals surface area contributed by atoms with Crippen molar-refractivity contribution < 1.29 is 4.79 Å². The maximum Gasteiger partial charge on any atom is 0.244 e. The molecular weight excluding hydrogens is 296 g/mol. The van der Waals surface area contributed by atoms with Gasteiger partial charge in [-0.15, -0.1) is 0 Å². The largest absolute Gasteiger partial charge is 0.341 e. The van der Waals surface area contributed by atoms with Gasteiger partial charge in [0.1, 0.15) is 12.1 Å². The van der Waals surface area contributed by atoms with E-state index < -0.39 is 0 Å². The molecule has 0 radical (unpaired) electrons. The summed E-state index contributed by atoms with van der Waals surface area (Å²) in [7, 11) is 0. The lowest BCUT2D eigenvalue weighted by atomic mass is 10.2. The number of nitrogens with zero attached hydrogens (tertiary/aromatic N) is 4. The molecule has 0 aromatic carbocycles. The second-order valence-corrected chi connectivity index (χ2v) is 5.41. The zero-order chi connectivity index (χ0) is 12.7. The molecule has 2 aromatic rings. The molecule has 18 heavy (non-hydrogen) atoms. The molecule has 3 rings (SSSR count). The second kappa shape index (κ2) is 4.35. The summed E-state index contributed by atoms with van der Waals surface area (Å²) in [5.41, 5.74) is 2.61. The molecule has 5 nitrogen and oxygen atoms in total. The first-order chi connectivity index (χ1) is 8.65. The number of halogens is 1. The first kappa shape index (κ1) is 11.6. The third-order valence-corrected chi connectivity index (χ3v) is 3.65. The highest BCUT2D eigenvalue weighted by Crippen LogP contribution is 2.20. The summed E-state index contributed by atoms with van der Waals surface area (Å²) in [5.74, 6) is 0.130. The number of likely N-dealkylation sites (tertiary alicyclic amines) is 1. The third-order valence-electron chi connectivity index (χ3n) is 3.22. The lowest BCUT2D eigenvalue weighted by Crippen LogP contribution is -2.43. The topological polar surface area (TPSA) is 51.0 Å². The first-order valence-electron chi connectivity index (χ1n) is 5.91. The highest BCUT2D eigenvalue weighted by Gasteiger charge is 2.21. The third kappa shape index (κ3) is 1.90. The Morgan fingerprint density at radius 2 is 2.28 bits per heavy atom. The van der Waals surface area contributed by atoms with Gasteiger partial charge in [-0.05, 0) is 35.3 Å². The van der Waals surface area contributed by atoms with Crippen molar-refractivity contribution in [2.24, 2.45) is 0 Å². The molecule has 1 amide bonds. The molecule has 0 atom stereocenters. The Bertz CT molecular complexity index is 618. The number of aromatic nitrogens is 3. The minimum atomic E-state index is 0.130. The van der Waals surface area contributed by atoms with Crippen molar-refractivity contribution in [1.29, 1.82) is 0 Å². The predicted molar refractivity (Wildman–Crippen MR) is 71.2 cm³/mol. The van der Waals surface area contributed by atoms with Gasteiger partial charge in [-0.1, -0.05) is 0 Å². The first-order valence-corrected chi connectivity index (χ1v) is 6.71. The van der Waals surface area contributed by atoms with Crippen LogP contribution in [0.25, 0.3) is 11.0 Å². The summed E-state index contributed by atoms with van der Waals surface area (Å²) < 4.78 is 2.64. The average molecular weight is 309 g/mol. The van der Waals surface area contributed by atoms with E-state index in [1.165, 1.54) is 0 Å². The Morgan fingerprint density at radius 3 is 2.94 bits per heavy atom. The van der Waals surface area contributed by atoms with Crippen molar-refractivity contribution >= 4 is 32.9 Å². The fraction of sp³-hybridized carbons (Fsp3) is 0.417. The molecule has 0 N–H and O–H groups in total. The van der Waals surface area contributed by atoms with Crippen LogP contribution in [0.5, 0.6) is 0 Å². The molecule has 0 spiro atoms. The number of aryl methyl sites for hydroxylation is 1. The smallest absolute Gasteiger partial charge is 0.244 e. The lowest BCUT2D eigenvalue weighted by molar-refractivity contribution is -0.135. The fourth-order valence-corrected chi connectivity index (χ4v) is 2.42. The van der Waals surface area contributed by atoms with Crippen LogP contribution in [0.1, 0.15) is 12.1 Å². The number of hydrogen-bond donors (Lipinski definition) is 0. The van der Waals surface area contributed by atoms with Gasteiger partial charge in [0.25, 0.3) is 0 Å². The molecule has 6 heteroatoms. The number of fused-ring (bicyclic) bond motifs is 1. The zero-order valence-electron chi connectivity index (χ0n) is 10.1. The van der Waals surface area contributed by atoms with E-state index in [0.717, 1.165) is 40.7 Å². The van der Waals surface area contributed by atoms with Crippen LogP contribution in [0.15, 0.2) is 16.7 Å². The van der Waals surface area contributed by atoms with Gasteiger partial charge in [-0.3, -0.25) is 14.5 Å². The molecule has 0 aliphatic carbocycles. The Labute approximate surface area is 113 Å². The predicted octanol–water partition coefficient (Wildman–Crippen LogP) is 1.73. The van der Waals surface area contributed by atoms with E-state index in [-0.39, 0.29) is 5.91 Å². The van der Waals surface area contributed by atoms with E-state index in [0.29, 0.717) is 6.54 Å². The molecule has 0 saturated carbocycles. The van der Waals surface area contributed by atoms with Crippen LogP contribution in [-0.2, 0) is 11.3 Å². The molecule has 1 aliphatic heterocycles. The number of carbonyl (C=O) groups is 1. The van der Waals surface area contributed by atoms with Crippen molar-refractivity contribution in [1.82, 2.24) is 19.7 Å². The van der Waals surface area contributed by atoms with Gasteiger partial charge >= 0.3 is 0 Å².